The molecule has 1 atom stereocenters. The number of rotatable bonds is 6. The lowest BCUT2D eigenvalue weighted by atomic mass is 10.2. The average molecular weight is 293 g/mol. The zero-order valence-electron chi connectivity index (χ0n) is 10.1. The SMILES string of the molecule is CCC(CCO)NS(=O)(=O)c1ccc(Cl)cc1N. The van der Waals surface area contributed by atoms with Crippen LogP contribution in [0.3, 0.4) is 0 Å². The Balaban J connectivity index is 2.99. The third-order valence-electron chi connectivity index (χ3n) is 2.55. The Morgan fingerprint density at radius 3 is 2.67 bits per heavy atom. The summed E-state index contributed by atoms with van der Waals surface area (Å²) in [5, 5.41) is 9.23. The second kappa shape index (κ2) is 6.38. The molecule has 0 saturated carbocycles. The molecular formula is C11H17ClN2O3S. The van der Waals surface area contributed by atoms with E-state index in [-0.39, 0.29) is 23.2 Å². The van der Waals surface area contributed by atoms with E-state index in [2.05, 4.69) is 4.72 Å². The first-order chi connectivity index (χ1) is 8.40. The molecule has 5 nitrogen and oxygen atoms in total. The highest BCUT2D eigenvalue weighted by atomic mass is 35.5. The maximum Gasteiger partial charge on any atom is 0.242 e. The molecule has 0 amide bonds. The van der Waals surface area contributed by atoms with Gasteiger partial charge in [-0.25, -0.2) is 13.1 Å². The highest BCUT2D eigenvalue weighted by Crippen LogP contribution is 2.22. The molecule has 1 rings (SSSR count). The van der Waals surface area contributed by atoms with Crippen molar-refractivity contribution >= 4 is 27.3 Å². The summed E-state index contributed by atoms with van der Waals surface area (Å²) in [6.07, 6.45) is 0.955. The van der Waals surface area contributed by atoms with Gasteiger partial charge in [-0.2, -0.15) is 0 Å². The number of nitrogens with two attached hydrogens (primary N) is 1. The average Bonchev–Trinajstić information content (AvgIpc) is 2.27. The molecule has 0 aliphatic heterocycles. The molecule has 0 aliphatic rings. The van der Waals surface area contributed by atoms with Crippen LogP contribution < -0.4 is 10.5 Å². The lowest BCUT2D eigenvalue weighted by Gasteiger charge is -2.16. The second-order valence-electron chi connectivity index (χ2n) is 3.92. The van der Waals surface area contributed by atoms with Crippen molar-refractivity contribution in [1.29, 1.82) is 0 Å². The maximum atomic E-state index is 12.1. The predicted octanol–water partition coefficient (Wildman–Crippen LogP) is 1.36. The van der Waals surface area contributed by atoms with Crippen molar-refractivity contribution in [3.63, 3.8) is 0 Å². The van der Waals surface area contributed by atoms with E-state index in [0.717, 1.165) is 0 Å². The molecule has 102 valence electrons. The number of anilines is 1. The zero-order chi connectivity index (χ0) is 13.8. The third kappa shape index (κ3) is 3.84. The molecule has 18 heavy (non-hydrogen) atoms. The van der Waals surface area contributed by atoms with Crippen molar-refractivity contribution in [2.75, 3.05) is 12.3 Å². The van der Waals surface area contributed by atoms with Gasteiger partial charge in [0.25, 0.3) is 0 Å². The first kappa shape index (κ1) is 15.2. The number of nitrogens with one attached hydrogen (secondary N) is 1. The fourth-order valence-corrected chi connectivity index (χ4v) is 3.20. The zero-order valence-corrected chi connectivity index (χ0v) is 11.6. The van der Waals surface area contributed by atoms with Gasteiger partial charge < -0.3 is 10.8 Å². The van der Waals surface area contributed by atoms with Crippen LogP contribution in [0.2, 0.25) is 5.02 Å². The Kier molecular flexibility index (Phi) is 5.40. The van der Waals surface area contributed by atoms with Crippen molar-refractivity contribution in [2.45, 2.75) is 30.7 Å². The van der Waals surface area contributed by atoms with Gasteiger partial charge in [-0.15, -0.1) is 0 Å². The molecule has 0 aliphatic carbocycles. The summed E-state index contributed by atoms with van der Waals surface area (Å²) in [7, 11) is -3.69. The van der Waals surface area contributed by atoms with Crippen molar-refractivity contribution in [2.24, 2.45) is 0 Å². The molecule has 1 unspecified atom stereocenters. The van der Waals surface area contributed by atoms with Gasteiger partial charge >= 0.3 is 0 Å². The van der Waals surface area contributed by atoms with Gasteiger partial charge in [0.15, 0.2) is 0 Å². The van der Waals surface area contributed by atoms with Crippen molar-refractivity contribution in [3.05, 3.63) is 23.2 Å². The van der Waals surface area contributed by atoms with Crippen LogP contribution in [0.15, 0.2) is 23.1 Å². The largest absolute Gasteiger partial charge is 0.398 e. The number of aliphatic hydroxyl groups excluding tert-OH is 1. The summed E-state index contributed by atoms with van der Waals surface area (Å²) >= 11 is 5.72. The van der Waals surface area contributed by atoms with Gasteiger partial charge in [0.2, 0.25) is 10.0 Å². The number of halogens is 1. The first-order valence-electron chi connectivity index (χ1n) is 5.59. The number of nitrogen functional groups attached to an aromatic ring is 1. The number of aliphatic hydroxyl groups is 1. The Bertz CT molecular complexity index is 505. The fraction of sp³-hybridized carbons (Fsp3) is 0.455. The van der Waals surface area contributed by atoms with Crippen LogP contribution in [-0.4, -0.2) is 26.2 Å². The minimum atomic E-state index is -3.69. The van der Waals surface area contributed by atoms with Crippen LogP contribution in [0.1, 0.15) is 19.8 Å². The molecule has 0 aromatic heterocycles. The Hall–Kier alpha value is -0.820. The first-order valence-corrected chi connectivity index (χ1v) is 7.45. The lowest BCUT2D eigenvalue weighted by Crippen LogP contribution is -2.35. The molecule has 0 spiro atoms. The van der Waals surface area contributed by atoms with E-state index in [1.165, 1.54) is 18.2 Å². The van der Waals surface area contributed by atoms with E-state index >= 15 is 0 Å². The van der Waals surface area contributed by atoms with E-state index in [1.54, 1.807) is 0 Å². The van der Waals surface area contributed by atoms with Crippen LogP contribution in [0.4, 0.5) is 5.69 Å². The molecule has 0 fully saturated rings. The summed E-state index contributed by atoms with van der Waals surface area (Å²) in [6.45, 7) is 1.77. The summed E-state index contributed by atoms with van der Waals surface area (Å²) in [5.74, 6) is 0. The number of sulfonamides is 1. The lowest BCUT2D eigenvalue weighted by molar-refractivity contribution is 0.270. The fourth-order valence-electron chi connectivity index (χ4n) is 1.55. The van der Waals surface area contributed by atoms with Crippen LogP contribution in [0, 0.1) is 0 Å². The maximum absolute atomic E-state index is 12.1. The van der Waals surface area contributed by atoms with E-state index < -0.39 is 10.0 Å². The molecule has 0 heterocycles. The smallest absolute Gasteiger partial charge is 0.242 e. The number of hydrogen-bond acceptors (Lipinski definition) is 4. The molecule has 1 aromatic rings. The number of hydrogen-bond donors (Lipinski definition) is 3. The molecular weight excluding hydrogens is 276 g/mol. The van der Waals surface area contributed by atoms with Gasteiger partial charge in [-0.3, -0.25) is 0 Å². The van der Waals surface area contributed by atoms with Gasteiger partial charge in [0, 0.05) is 17.7 Å². The van der Waals surface area contributed by atoms with E-state index in [0.29, 0.717) is 17.9 Å². The van der Waals surface area contributed by atoms with Gasteiger partial charge in [0.05, 0.1) is 5.69 Å². The molecule has 0 saturated heterocycles. The van der Waals surface area contributed by atoms with Crippen LogP contribution in [0.5, 0.6) is 0 Å². The quantitative estimate of drug-likeness (QED) is 0.690. The van der Waals surface area contributed by atoms with Crippen LogP contribution in [0.25, 0.3) is 0 Å². The van der Waals surface area contributed by atoms with Crippen LogP contribution in [-0.2, 0) is 10.0 Å². The summed E-state index contributed by atoms with van der Waals surface area (Å²) in [6, 6.07) is 3.92. The monoisotopic (exact) mass is 292 g/mol. The van der Waals surface area contributed by atoms with Gasteiger partial charge in [-0.05, 0) is 31.0 Å². The predicted molar refractivity (Wildman–Crippen MR) is 72.0 cm³/mol. The van der Waals surface area contributed by atoms with E-state index in [4.69, 9.17) is 22.4 Å². The van der Waals surface area contributed by atoms with Gasteiger partial charge in [0.1, 0.15) is 4.90 Å². The highest BCUT2D eigenvalue weighted by Gasteiger charge is 2.21. The second-order valence-corrected chi connectivity index (χ2v) is 6.04. The standard InChI is InChI=1S/C11H17ClN2O3S/c1-2-9(5-6-15)14-18(16,17)11-4-3-8(12)7-10(11)13/h3-4,7,9,14-15H,2,5-6,13H2,1H3. The summed E-state index contributed by atoms with van der Waals surface area (Å²) < 4.78 is 26.7. The summed E-state index contributed by atoms with van der Waals surface area (Å²) in [5.41, 5.74) is 5.75. The van der Waals surface area contributed by atoms with E-state index in [1.807, 2.05) is 6.92 Å². The minimum Gasteiger partial charge on any atom is -0.398 e. The third-order valence-corrected chi connectivity index (χ3v) is 4.38. The van der Waals surface area contributed by atoms with Crippen LogP contribution >= 0.6 is 11.6 Å². The Morgan fingerprint density at radius 2 is 2.17 bits per heavy atom. The van der Waals surface area contributed by atoms with Crippen molar-refractivity contribution in [1.82, 2.24) is 4.72 Å². The number of benzene rings is 1. The highest BCUT2D eigenvalue weighted by molar-refractivity contribution is 7.89. The summed E-state index contributed by atoms with van der Waals surface area (Å²) in [4.78, 5) is 0.00305. The Labute approximate surface area is 112 Å². The molecule has 7 heteroatoms. The molecule has 0 radical (unpaired) electrons. The Morgan fingerprint density at radius 1 is 1.50 bits per heavy atom. The molecule has 1 aromatic carbocycles. The van der Waals surface area contributed by atoms with Crippen molar-refractivity contribution in [3.8, 4) is 0 Å². The normalized spacial score (nSPS) is 13.5. The van der Waals surface area contributed by atoms with E-state index in [9.17, 15) is 8.42 Å². The molecule has 4 N–H and O–H groups in total. The van der Waals surface area contributed by atoms with Gasteiger partial charge in [-0.1, -0.05) is 18.5 Å². The minimum absolute atomic E-state index is 0.00305. The van der Waals surface area contributed by atoms with Crippen molar-refractivity contribution < 1.29 is 13.5 Å². The topological polar surface area (TPSA) is 92.4 Å². The molecule has 0 bridgehead atoms.